The fourth-order valence-electron chi connectivity index (χ4n) is 1.24. The molecule has 0 bridgehead atoms. The lowest BCUT2D eigenvalue weighted by molar-refractivity contribution is 0.0593. The molecule has 0 unspecified atom stereocenters. The van der Waals surface area contributed by atoms with E-state index in [1.807, 2.05) is 0 Å². The van der Waals surface area contributed by atoms with Gasteiger partial charge in [-0.05, 0) is 6.07 Å². The number of aromatic nitrogens is 3. The van der Waals surface area contributed by atoms with Crippen LogP contribution in [-0.4, -0.2) is 27.6 Å². The quantitative estimate of drug-likeness (QED) is 0.700. The van der Waals surface area contributed by atoms with Crippen LogP contribution in [-0.2, 0) is 4.74 Å². The van der Waals surface area contributed by atoms with Crippen molar-refractivity contribution >= 4 is 5.97 Å². The van der Waals surface area contributed by atoms with Crippen LogP contribution in [0.3, 0.4) is 0 Å². The van der Waals surface area contributed by atoms with Crippen molar-refractivity contribution in [3.05, 3.63) is 52.7 Å². The van der Waals surface area contributed by atoms with E-state index in [1.54, 1.807) is 0 Å². The van der Waals surface area contributed by atoms with Gasteiger partial charge in [-0.2, -0.15) is 0 Å². The predicted molar refractivity (Wildman–Crippen MR) is 59.0 cm³/mol. The van der Waals surface area contributed by atoms with Crippen LogP contribution < -0.4 is 5.43 Å². The Morgan fingerprint density at radius 2 is 2.00 bits per heavy atom. The zero-order valence-electron chi connectivity index (χ0n) is 9.03. The summed E-state index contributed by atoms with van der Waals surface area (Å²) in [4.78, 5) is 30.2. The molecule has 86 valence electrons. The first kappa shape index (κ1) is 11.0. The van der Waals surface area contributed by atoms with Gasteiger partial charge in [0.05, 0.1) is 7.11 Å². The second kappa shape index (κ2) is 4.56. The van der Waals surface area contributed by atoms with E-state index in [0.717, 1.165) is 0 Å². The number of carbonyl (C=O) groups excluding carboxylic acids is 1. The summed E-state index contributed by atoms with van der Waals surface area (Å²) in [6.07, 6.45) is 4.50. The molecule has 0 fully saturated rings. The van der Waals surface area contributed by atoms with Crippen LogP contribution in [0.4, 0.5) is 0 Å². The number of carbonyl (C=O) groups is 1. The Hall–Kier alpha value is -2.50. The predicted octanol–water partition coefficient (Wildman–Crippen LogP) is 0.414. The molecule has 0 saturated heterocycles. The molecule has 0 aromatic carbocycles. The van der Waals surface area contributed by atoms with Gasteiger partial charge in [0.2, 0.25) is 5.95 Å². The maximum atomic E-state index is 11.3. The van der Waals surface area contributed by atoms with E-state index in [0.29, 0.717) is 5.95 Å². The molecule has 6 nitrogen and oxygen atoms in total. The summed E-state index contributed by atoms with van der Waals surface area (Å²) in [7, 11) is 1.28. The highest BCUT2D eigenvalue weighted by Gasteiger charge is 2.08. The fraction of sp³-hybridized carbons (Fsp3) is 0.0909. The Morgan fingerprint density at radius 1 is 1.29 bits per heavy atom. The largest absolute Gasteiger partial charge is 0.464 e. The summed E-state index contributed by atoms with van der Waals surface area (Å²) in [6.45, 7) is 0. The number of ether oxygens (including phenoxy) is 1. The summed E-state index contributed by atoms with van der Waals surface area (Å²) in [5.41, 5.74) is 0.0570. The average molecular weight is 231 g/mol. The van der Waals surface area contributed by atoms with Crippen LogP contribution in [0.2, 0.25) is 0 Å². The first-order valence-corrected chi connectivity index (χ1v) is 4.81. The van der Waals surface area contributed by atoms with Crippen molar-refractivity contribution in [1.82, 2.24) is 14.5 Å². The highest BCUT2D eigenvalue weighted by molar-refractivity contribution is 5.87. The molecule has 2 rings (SSSR count). The van der Waals surface area contributed by atoms with E-state index in [2.05, 4.69) is 14.7 Å². The second-order valence-electron chi connectivity index (χ2n) is 3.17. The van der Waals surface area contributed by atoms with Crippen LogP contribution >= 0.6 is 0 Å². The first-order valence-electron chi connectivity index (χ1n) is 4.81. The molecule has 0 radical (unpaired) electrons. The molecule has 0 aliphatic carbocycles. The van der Waals surface area contributed by atoms with E-state index in [1.165, 1.54) is 48.5 Å². The molecular weight excluding hydrogens is 222 g/mol. The Bertz CT molecular complexity index is 586. The first-order chi connectivity index (χ1) is 8.20. The molecular formula is C11H9N3O3. The minimum Gasteiger partial charge on any atom is -0.464 e. The minimum absolute atomic E-state index is 0.106. The number of hydrogen-bond acceptors (Lipinski definition) is 5. The highest BCUT2D eigenvalue weighted by atomic mass is 16.5. The van der Waals surface area contributed by atoms with Crippen molar-refractivity contribution in [2.45, 2.75) is 0 Å². The smallest absolute Gasteiger partial charge is 0.356 e. The summed E-state index contributed by atoms with van der Waals surface area (Å²) < 4.78 is 6.09. The molecule has 0 amide bonds. The Labute approximate surface area is 96.5 Å². The highest BCUT2D eigenvalue weighted by Crippen LogP contribution is 2.02. The molecule has 2 heterocycles. The van der Waals surface area contributed by atoms with Gasteiger partial charge in [0.25, 0.3) is 0 Å². The SMILES string of the molecule is COC(=O)c1ccnc(-n2ccc(=O)cc2)n1. The van der Waals surface area contributed by atoms with Crippen LogP contribution in [0.1, 0.15) is 10.5 Å². The third-order valence-corrected chi connectivity index (χ3v) is 2.07. The van der Waals surface area contributed by atoms with Crippen molar-refractivity contribution in [3.63, 3.8) is 0 Å². The number of rotatable bonds is 2. The van der Waals surface area contributed by atoms with E-state index in [4.69, 9.17) is 0 Å². The van der Waals surface area contributed by atoms with Gasteiger partial charge in [0.15, 0.2) is 11.1 Å². The summed E-state index contributed by atoms with van der Waals surface area (Å²) >= 11 is 0. The van der Waals surface area contributed by atoms with Crippen molar-refractivity contribution in [2.24, 2.45) is 0 Å². The van der Waals surface area contributed by atoms with E-state index in [9.17, 15) is 9.59 Å². The van der Waals surface area contributed by atoms with Crippen molar-refractivity contribution in [2.75, 3.05) is 7.11 Å². The number of hydrogen-bond donors (Lipinski definition) is 0. The molecule has 0 atom stereocenters. The van der Waals surface area contributed by atoms with Crippen LogP contribution in [0.25, 0.3) is 5.95 Å². The van der Waals surface area contributed by atoms with Crippen molar-refractivity contribution < 1.29 is 9.53 Å². The Morgan fingerprint density at radius 3 is 2.65 bits per heavy atom. The average Bonchev–Trinajstić information content (AvgIpc) is 2.39. The van der Waals surface area contributed by atoms with Crippen molar-refractivity contribution in [1.29, 1.82) is 0 Å². The molecule has 0 saturated carbocycles. The van der Waals surface area contributed by atoms with E-state index < -0.39 is 5.97 Å². The third-order valence-electron chi connectivity index (χ3n) is 2.07. The Kier molecular flexibility index (Phi) is 2.95. The minimum atomic E-state index is -0.533. The third kappa shape index (κ3) is 2.36. The second-order valence-corrected chi connectivity index (χ2v) is 3.17. The van der Waals surface area contributed by atoms with E-state index in [-0.39, 0.29) is 11.1 Å². The molecule has 17 heavy (non-hydrogen) atoms. The van der Waals surface area contributed by atoms with Crippen LogP contribution in [0.5, 0.6) is 0 Å². The van der Waals surface area contributed by atoms with Gasteiger partial charge >= 0.3 is 5.97 Å². The van der Waals surface area contributed by atoms with Crippen LogP contribution in [0.15, 0.2) is 41.6 Å². The van der Waals surface area contributed by atoms with E-state index >= 15 is 0 Å². The number of methoxy groups -OCH3 is 1. The summed E-state index contributed by atoms with van der Waals surface area (Å²) in [5.74, 6) is -0.234. The standard InChI is InChI=1S/C11H9N3O3/c1-17-10(16)9-2-5-12-11(13-9)14-6-3-8(15)4-7-14/h2-7H,1H3. The van der Waals surface area contributed by atoms with Gasteiger partial charge in [-0.3, -0.25) is 9.36 Å². The summed E-state index contributed by atoms with van der Waals surface area (Å²) in [6, 6.07) is 4.22. The topological polar surface area (TPSA) is 74.1 Å². The van der Waals surface area contributed by atoms with Gasteiger partial charge in [-0.25, -0.2) is 14.8 Å². The lowest BCUT2D eigenvalue weighted by Crippen LogP contribution is -2.10. The zero-order chi connectivity index (χ0) is 12.3. The number of nitrogens with zero attached hydrogens (tertiary/aromatic N) is 3. The van der Waals surface area contributed by atoms with Gasteiger partial charge in [-0.15, -0.1) is 0 Å². The molecule has 0 spiro atoms. The zero-order valence-corrected chi connectivity index (χ0v) is 9.03. The maximum absolute atomic E-state index is 11.3. The number of pyridine rings is 1. The van der Waals surface area contributed by atoms with Gasteiger partial charge in [0.1, 0.15) is 0 Å². The van der Waals surface area contributed by atoms with Gasteiger partial charge < -0.3 is 4.74 Å². The summed E-state index contributed by atoms with van der Waals surface area (Å²) in [5, 5.41) is 0. The normalized spacial score (nSPS) is 9.94. The molecule has 0 aliphatic heterocycles. The van der Waals surface area contributed by atoms with Gasteiger partial charge in [-0.1, -0.05) is 0 Å². The monoisotopic (exact) mass is 231 g/mol. The van der Waals surface area contributed by atoms with Crippen LogP contribution in [0, 0.1) is 0 Å². The lowest BCUT2D eigenvalue weighted by Gasteiger charge is -2.04. The fourth-order valence-corrected chi connectivity index (χ4v) is 1.24. The van der Waals surface area contributed by atoms with Gasteiger partial charge in [0, 0.05) is 30.7 Å². The molecule has 2 aromatic heterocycles. The Balaban J connectivity index is 2.42. The maximum Gasteiger partial charge on any atom is 0.356 e. The van der Waals surface area contributed by atoms with Crippen molar-refractivity contribution in [3.8, 4) is 5.95 Å². The molecule has 2 aromatic rings. The lowest BCUT2D eigenvalue weighted by atomic mass is 10.4. The molecule has 0 aliphatic rings. The number of esters is 1. The molecule has 6 heteroatoms. The molecule has 0 N–H and O–H groups in total.